The molecule has 0 bridgehead atoms. The molecule has 0 aromatic carbocycles. The van der Waals surface area contributed by atoms with Crippen LogP contribution in [-0.2, 0) is 9.47 Å². The maximum absolute atomic E-state index is 5.38. The first kappa shape index (κ1) is 10.9. The lowest BCUT2D eigenvalue weighted by atomic mass is 10.2. The van der Waals surface area contributed by atoms with E-state index < -0.39 is 0 Å². The summed E-state index contributed by atoms with van der Waals surface area (Å²) in [5.41, 5.74) is 0. The van der Waals surface area contributed by atoms with Gasteiger partial charge >= 0.3 is 0 Å². The SMILES string of the molecule is CCOC(C)COCC(C)C. The highest BCUT2D eigenvalue weighted by Gasteiger charge is 2.00. The minimum Gasteiger partial charge on any atom is -0.379 e. The minimum absolute atomic E-state index is 0.235. The van der Waals surface area contributed by atoms with E-state index in [1.165, 1.54) is 0 Å². The molecule has 68 valence electrons. The van der Waals surface area contributed by atoms with Crippen molar-refractivity contribution < 1.29 is 9.47 Å². The Morgan fingerprint density at radius 1 is 1.09 bits per heavy atom. The molecule has 1 atom stereocenters. The predicted molar refractivity (Wildman–Crippen MR) is 46.7 cm³/mol. The second kappa shape index (κ2) is 6.62. The van der Waals surface area contributed by atoms with Gasteiger partial charge in [0.1, 0.15) is 0 Å². The first-order chi connectivity index (χ1) is 5.16. The third kappa shape index (κ3) is 7.82. The molecule has 0 saturated heterocycles. The van der Waals surface area contributed by atoms with E-state index in [4.69, 9.17) is 9.47 Å². The molecule has 1 unspecified atom stereocenters. The summed E-state index contributed by atoms with van der Waals surface area (Å²) < 4.78 is 10.7. The van der Waals surface area contributed by atoms with Crippen LogP contribution in [0.1, 0.15) is 27.7 Å². The van der Waals surface area contributed by atoms with Gasteiger partial charge in [0.15, 0.2) is 0 Å². The van der Waals surface area contributed by atoms with E-state index >= 15 is 0 Å². The molecular formula is C9H20O2. The molecule has 0 saturated carbocycles. The normalized spacial score (nSPS) is 13.9. The van der Waals surface area contributed by atoms with Crippen LogP contribution in [-0.4, -0.2) is 25.9 Å². The van der Waals surface area contributed by atoms with Crippen molar-refractivity contribution in [3.8, 4) is 0 Å². The van der Waals surface area contributed by atoms with Crippen LogP contribution in [0, 0.1) is 5.92 Å². The van der Waals surface area contributed by atoms with Gasteiger partial charge in [-0.3, -0.25) is 0 Å². The van der Waals surface area contributed by atoms with Crippen molar-refractivity contribution in [1.82, 2.24) is 0 Å². The second-order valence-corrected chi connectivity index (χ2v) is 3.20. The molecule has 0 N–H and O–H groups in total. The molecule has 0 heterocycles. The van der Waals surface area contributed by atoms with Crippen LogP contribution in [0.4, 0.5) is 0 Å². The van der Waals surface area contributed by atoms with Gasteiger partial charge in [0.2, 0.25) is 0 Å². The summed E-state index contributed by atoms with van der Waals surface area (Å²) in [4.78, 5) is 0. The Morgan fingerprint density at radius 2 is 1.73 bits per heavy atom. The first-order valence-corrected chi connectivity index (χ1v) is 4.36. The van der Waals surface area contributed by atoms with E-state index in [2.05, 4.69) is 13.8 Å². The van der Waals surface area contributed by atoms with Gasteiger partial charge in [-0.1, -0.05) is 13.8 Å². The van der Waals surface area contributed by atoms with Crippen LogP contribution >= 0.6 is 0 Å². The lowest BCUT2D eigenvalue weighted by Gasteiger charge is -2.12. The summed E-state index contributed by atoms with van der Waals surface area (Å²) in [7, 11) is 0. The van der Waals surface area contributed by atoms with Gasteiger partial charge in [0.05, 0.1) is 12.7 Å². The summed E-state index contributed by atoms with van der Waals surface area (Å²) in [6.45, 7) is 10.6. The largest absolute Gasteiger partial charge is 0.379 e. The number of hydrogen-bond donors (Lipinski definition) is 0. The van der Waals surface area contributed by atoms with Crippen molar-refractivity contribution in [2.75, 3.05) is 19.8 Å². The molecule has 0 aliphatic heterocycles. The summed E-state index contributed by atoms with van der Waals surface area (Å²) in [5, 5.41) is 0. The highest BCUT2D eigenvalue weighted by molar-refractivity contribution is 4.47. The van der Waals surface area contributed by atoms with Crippen LogP contribution in [0.25, 0.3) is 0 Å². The highest BCUT2D eigenvalue weighted by Crippen LogP contribution is 1.96. The molecule has 0 aromatic rings. The molecule has 0 radical (unpaired) electrons. The zero-order chi connectivity index (χ0) is 8.69. The van der Waals surface area contributed by atoms with Gasteiger partial charge in [-0.25, -0.2) is 0 Å². The average Bonchev–Trinajstić information content (AvgIpc) is 1.87. The van der Waals surface area contributed by atoms with Gasteiger partial charge in [-0.05, 0) is 19.8 Å². The van der Waals surface area contributed by atoms with Crippen LogP contribution in [0.3, 0.4) is 0 Å². The average molecular weight is 160 g/mol. The van der Waals surface area contributed by atoms with Crippen molar-refractivity contribution in [1.29, 1.82) is 0 Å². The van der Waals surface area contributed by atoms with Gasteiger partial charge in [0.25, 0.3) is 0 Å². The van der Waals surface area contributed by atoms with Crippen molar-refractivity contribution in [3.05, 3.63) is 0 Å². The molecule has 0 aromatic heterocycles. The first-order valence-electron chi connectivity index (χ1n) is 4.36. The van der Waals surface area contributed by atoms with Crippen LogP contribution in [0.5, 0.6) is 0 Å². The maximum atomic E-state index is 5.38. The molecule has 11 heavy (non-hydrogen) atoms. The van der Waals surface area contributed by atoms with Gasteiger partial charge < -0.3 is 9.47 Å². The molecule has 0 aliphatic rings. The minimum atomic E-state index is 0.235. The van der Waals surface area contributed by atoms with Gasteiger partial charge in [-0.2, -0.15) is 0 Å². The Balaban J connectivity index is 3.10. The smallest absolute Gasteiger partial charge is 0.0780 e. The van der Waals surface area contributed by atoms with E-state index in [0.29, 0.717) is 12.5 Å². The zero-order valence-corrected chi connectivity index (χ0v) is 8.09. The Morgan fingerprint density at radius 3 is 2.18 bits per heavy atom. The third-order valence-electron chi connectivity index (χ3n) is 1.25. The number of ether oxygens (including phenoxy) is 2. The molecule has 0 amide bonds. The molecular weight excluding hydrogens is 140 g/mol. The molecule has 2 nitrogen and oxygen atoms in total. The Hall–Kier alpha value is -0.0800. The van der Waals surface area contributed by atoms with E-state index in [-0.39, 0.29) is 6.10 Å². The fraction of sp³-hybridized carbons (Fsp3) is 1.00. The van der Waals surface area contributed by atoms with Crippen molar-refractivity contribution in [2.24, 2.45) is 5.92 Å². The van der Waals surface area contributed by atoms with Crippen molar-refractivity contribution in [2.45, 2.75) is 33.8 Å². The van der Waals surface area contributed by atoms with Crippen molar-refractivity contribution >= 4 is 0 Å². The van der Waals surface area contributed by atoms with Gasteiger partial charge in [-0.15, -0.1) is 0 Å². The van der Waals surface area contributed by atoms with E-state index in [1.54, 1.807) is 0 Å². The third-order valence-corrected chi connectivity index (χ3v) is 1.25. The monoisotopic (exact) mass is 160 g/mol. The topological polar surface area (TPSA) is 18.5 Å². The molecule has 0 rings (SSSR count). The molecule has 0 fully saturated rings. The van der Waals surface area contributed by atoms with E-state index in [1.807, 2.05) is 13.8 Å². The van der Waals surface area contributed by atoms with E-state index in [0.717, 1.165) is 13.2 Å². The Kier molecular flexibility index (Phi) is 6.57. The fourth-order valence-corrected chi connectivity index (χ4v) is 0.802. The van der Waals surface area contributed by atoms with Gasteiger partial charge in [0, 0.05) is 13.2 Å². The maximum Gasteiger partial charge on any atom is 0.0780 e. The molecule has 2 heteroatoms. The molecule has 0 aliphatic carbocycles. The van der Waals surface area contributed by atoms with Crippen molar-refractivity contribution in [3.63, 3.8) is 0 Å². The summed E-state index contributed by atoms with van der Waals surface area (Å²) in [5.74, 6) is 0.615. The Labute approximate surface area is 69.9 Å². The van der Waals surface area contributed by atoms with Crippen LogP contribution in [0.2, 0.25) is 0 Å². The zero-order valence-electron chi connectivity index (χ0n) is 8.09. The number of hydrogen-bond acceptors (Lipinski definition) is 2. The number of rotatable bonds is 6. The fourth-order valence-electron chi connectivity index (χ4n) is 0.802. The Bertz CT molecular complexity index is 81.6. The summed E-state index contributed by atoms with van der Waals surface area (Å²) in [6, 6.07) is 0. The summed E-state index contributed by atoms with van der Waals surface area (Å²) in [6.07, 6.45) is 0.235. The van der Waals surface area contributed by atoms with E-state index in [9.17, 15) is 0 Å². The lowest BCUT2D eigenvalue weighted by molar-refractivity contribution is -0.00819. The standard InChI is InChI=1S/C9H20O2/c1-5-11-9(4)7-10-6-8(2)3/h8-9H,5-7H2,1-4H3. The summed E-state index contributed by atoms with van der Waals surface area (Å²) >= 11 is 0. The lowest BCUT2D eigenvalue weighted by Crippen LogP contribution is -2.17. The van der Waals surface area contributed by atoms with Crippen LogP contribution < -0.4 is 0 Å². The quantitative estimate of drug-likeness (QED) is 0.592. The highest BCUT2D eigenvalue weighted by atomic mass is 16.5. The predicted octanol–water partition coefficient (Wildman–Crippen LogP) is 2.08. The van der Waals surface area contributed by atoms with Crippen LogP contribution in [0.15, 0.2) is 0 Å². The second-order valence-electron chi connectivity index (χ2n) is 3.20. The molecule has 0 spiro atoms.